The van der Waals surface area contributed by atoms with Gasteiger partial charge in [0.1, 0.15) is 17.7 Å². The molecule has 0 saturated heterocycles. The van der Waals surface area contributed by atoms with Gasteiger partial charge in [0.25, 0.3) is 15.9 Å². The Labute approximate surface area is 258 Å². The summed E-state index contributed by atoms with van der Waals surface area (Å²) in [5, 5.41) is 24.0. The van der Waals surface area contributed by atoms with Crippen molar-refractivity contribution in [1.29, 1.82) is 0 Å². The zero-order valence-electron chi connectivity index (χ0n) is 24.1. The van der Waals surface area contributed by atoms with Crippen LogP contribution < -0.4 is 10.6 Å². The van der Waals surface area contributed by atoms with Crippen LogP contribution in [-0.2, 0) is 10.0 Å². The summed E-state index contributed by atoms with van der Waals surface area (Å²) >= 11 is 0. The molecule has 234 valence electrons. The van der Waals surface area contributed by atoms with E-state index >= 15 is 0 Å². The number of halogens is 2. The molecule has 3 N–H and O–H groups in total. The van der Waals surface area contributed by atoms with Crippen LogP contribution in [0.4, 0.5) is 26.1 Å². The Morgan fingerprint density at radius 2 is 1.80 bits per heavy atom. The quantitative estimate of drug-likeness (QED) is 0.231. The topological polar surface area (TPSA) is 153 Å². The second-order valence-corrected chi connectivity index (χ2v) is 13.9. The monoisotopic (exact) mass is 635 g/mol. The van der Waals surface area contributed by atoms with E-state index in [0.717, 1.165) is 35.5 Å². The highest BCUT2D eigenvalue weighted by atomic mass is 32.2. The molecule has 4 aromatic heterocycles. The first kappa shape index (κ1) is 29.3. The molecule has 0 amide bonds. The number of nitrogens with one attached hydrogen (secondary N) is 2. The average Bonchev–Trinajstić information content (AvgIpc) is 3.86. The maximum Gasteiger partial charge on any atom is 0.272 e. The van der Waals surface area contributed by atoms with Gasteiger partial charge in [0, 0.05) is 43.7 Å². The van der Waals surface area contributed by atoms with Crippen LogP contribution in [0.15, 0.2) is 49.3 Å². The molecule has 3 fully saturated rings. The zero-order chi connectivity index (χ0) is 31.2. The van der Waals surface area contributed by atoms with E-state index in [1.54, 1.807) is 18.5 Å². The molecule has 15 heteroatoms. The predicted octanol–water partition coefficient (Wildman–Crippen LogP) is 3.96. The van der Waals surface area contributed by atoms with Crippen molar-refractivity contribution in [3.63, 3.8) is 0 Å². The van der Waals surface area contributed by atoms with Crippen molar-refractivity contribution in [3.05, 3.63) is 60.4 Å². The molecule has 3 saturated carbocycles. The zero-order valence-corrected chi connectivity index (χ0v) is 25.0. The normalized spacial score (nSPS) is 22.3. The molecule has 7 rings (SSSR count). The maximum atomic E-state index is 13.5. The number of aliphatic hydroxyl groups is 1. The van der Waals surface area contributed by atoms with Crippen molar-refractivity contribution in [3.8, 4) is 23.2 Å². The van der Waals surface area contributed by atoms with E-state index in [9.17, 15) is 22.3 Å². The molecular formula is C30H31F2N9O3S. The SMILES string of the molecule is O=S(=O)(C1CC1)n1cc(-c2nccc(Nc3cc(NC4CCC(CO)CC4)c(C#Cc4cnn([C@H]5CC5(F)F)c4)cn3)n2)cn1. The third-order valence-corrected chi connectivity index (χ3v) is 10.4. The van der Waals surface area contributed by atoms with Crippen LogP contribution in [0.3, 0.4) is 0 Å². The van der Waals surface area contributed by atoms with Crippen molar-refractivity contribution in [1.82, 2.24) is 33.9 Å². The largest absolute Gasteiger partial charge is 0.396 e. The molecule has 0 aromatic carbocycles. The van der Waals surface area contributed by atoms with Gasteiger partial charge in [0.2, 0.25) is 0 Å². The molecule has 0 aliphatic heterocycles. The summed E-state index contributed by atoms with van der Waals surface area (Å²) in [6.45, 7) is 0.186. The predicted molar refractivity (Wildman–Crippen MR) is 161 cm³/mol. The summed E-state index contributed by atoms with van der Waals surface area (Å²) < 4.78 is 54.3. The van der Waals surface area contributed by atoms with Crippen LogP contribution in [0.2, 0.25) is 0 Å². The van der Waals surface area contributed by atoms with E-state index in [1.165, 1.54) is 29.5 Å². The molecule has 1 atom stereocenters. The highest BCUT2D eigenvalue weighted by Gasteiger charge is 2.59. The fourth-order valence-corrected chi connectivity index (χ4v) is 6.90. The molecule has 0 radical (unpaired) electrons. The van der Waals surface area contributed by atoms with Crippen molar-refractivity contribution in [2.24, 2.45) is 5.92 Å². The molecular weight excluding hydrogens is 604 g/mol. The molecule has 4 heterocycles. The highest BCUT2D eigenvalue weighted by molar-refractivity contribution is 7.90. The molecule has 3 aliphatic carbocycles. The third-order valence-electron chi connectivity index (χ3n) is 8.36. The number of aliphatic hydroxyl groups excluding tert-OH is 1. The van der Waals surface area contributed by atoms with E-state index in [-0.39, 0.29) is 24.3 Å². The minimum atomic E-state index is -3.51. The van der Waals surface area contributed by atoms with Crippen molar-refractivity contribution >= 4 is 27.3 Å². The number of pyridine rings is 1. The fourth-order valence-electron chi connectivity index (χ4n) is 5.43. The van der Waals surface area contributed by atoms with Gasteiger partial charge < -0.3 is 15.7 Å². The first-order valence-electron chi connectivity index (χ1n) is 14.9. The number of alkyl halides is 2. The van der Waals surface area contributed by atoms with Gasteiger partial charge in [0.15, 0.2) is 5.82 Å². The molecule has 12 nitrogen and oxygen atoms in total. The highest BCUT2D eigenvalue weighted by Crippen LogP contribution is 2.52. The summed E-state index contributed by atoms with van der Waals surface area (Å²) in [6, 6.07) is 2.77. The minimum Gasteiger partial charge on any atom is -0.396 e. The molecule has 3 aliphatic rings. The average molecular weight is 636 g/mol. The number of aromatic nitrogens is 7. The van der Waals surface area contributed by atoms with Gasteiger partial charge in [-0.25, -0.2) is 32.2 Å². The molecule has 0 unspecified atom stereocenters. The van der Waals surface area contributed by atoms with Crippen LogP contribution in [-0.4, -0.2) is 71.3 Å². The van der Waals surface area contributed by atoms with Crippen LogP contribution in [0.25, 0.3) is 11.4 Å². The number of rotatable bonds is 9. The first-order valence-corrected chi connectivity index (χ1v) is 16.4. The van der Waals surface area contributed by atoms with E-state index in [1.807, 2.05) is 6.07 Å². The van der Waals surface area contributed by atoms with Crippen molar-refractivity contribution in [2.45, 2.75) is 68.2 Å². The molecule has 0 bridgehead atoms. The summed E-state index contributed by atoms with van der Waals surface area (Å²) in [5.41, 5.74) is 2.36. The van der Waals surface area contributed by atoms with E-state index < -0.39 is 22.0 Å². The lowest BCUT2D eigenvalue weighted by Crippen LogP contribution is -2.27. The lowest BCUT2D eigenvalue weighted by Gasteiger charge is -2.29. The van der Waals surface area contributed by atoms with Gasteiger partial charge in [-0.15, -0.1) is 0 Å². The summed E-state index contributed by atoms with van der Waals surface area (Å²) in [5.74, 6) is 4.96. The van der Waals surface area contributed by atoms with Gasteiger partial charge in [0.05, 0.1) is 46.2 Å². The van der Waals surface area contributed by atoms with Gasteiger partial charge in [-0.1, -0.05) is 11.8 Å². The second kappa shape index (κ2) is 11.5. The van der Waals surface area contributed by atoms with Gasteiger partial charge in [-0.2, -0.15) is 14.3 Å². The standard InChI is InChI=1S/C30H31F2N9O3S/c31-30(32)12-26(30)40-16-20(13-35-40)1-4-21-14-34-28(11-25(21)37-23-5-2-19(18-42)3-6-23)38-27-9-10-33-29(39-27)22-15-36-41(17-22)45(43,44)24-7-8-24/h9-11,13-17,19,23-24,26,42H,2-3,5-8,12,18H2,(H2,33,34,37,38,39)/t19?,23?,26-/m0/s1. The van der Waals surface area contributed by atoms with Gasteiger partial charge in [-0.3, -0.25) is 4.68 Å². The van der Waals surface area contributed by atoms with E-state index in [2.05, 4.69) is 47.6 Å². The lowest BCUT2D eigenvalue weighted by molar-refractivity contribution is 0.0983. The Balaban J connectivity index is 1.12. The molecule has 4 aromatic rings. The Hall–Kier alpha value is -4.42. The maximum absolute atomic E-state index is 13.5. The smallest absolute Gasteiger partial charge is 0.272 e. The Morgan fingerprint density at radius 1 is 1.00 bits per heavy atom. The van der Waals surface area contributed by atoms with Crippen molar-refractivity contribution < 1.29 is 22.3 Å². The third kappa shape index (κ3) is 6.38. The van der Waals surface area contributed by atoms with Crippen LogP contribution in [0, 0.1) is 17.8 Å². The Morgan fingerprint density at radius 3 is 2.53 bits per heavy atom. The molecule has 0 spiro atoms. The summed E-state index contributed by atoms with van der Waals surface area (Å²) in [6.07, 6.45) is 13.7. The Kier molecular flexibility index (Phi) is 7.49. The lowest BCUT2D eigenvalue weighted by atomic mass is 9.86. The second-order valence-electron chi connectivity index (χ2n) is 11.8. The van der Waals surface area contributed by atoms with Gasteiger partial charge >= 0.3 is 0 Å². The van der Waals surface area contributed by atoms with E-state index in [4.69, 9.17) is 0 Å². The molecule has 45 heavy (non-hydrogen) atoms. The summed E-state index contributed by atoms with van der Waals surface area (Å²) in [4.78, 5) is 13.4. The van der Waals surface area contributed by atoms with Crippen LogP contribution >= 0.6 is 0 Å². The first-order chi connectivity index (χ1) is 21.7. The summed E-state index contributed by atoms with van der Waals surface area (Å²) in [7, 11) is -3.51. The Bertz CT molecular complexity index is 1890. The number of anilines is 3. The van der Waals surface area contributed by atoms with E-state index in [0.29, 0.717) is 52.9 Å². The number of hydrogen-bond acceptors (Lipinski definition) is 10. The number of nitrogens with zero attached hydrogens (tertiary/aromatic N) is 7. The number of hydrogen-bond donors (Lipinski definition) is 3. The fraction of sp³-hybridized carbons (Fsp3) is 0.433. The van der Waals surface area contributed by atoms with Crippen LogP contribution in [0.5, 0.6) is 0 Å². The van der Waals surface area contributed by atoms with Gasteiger partial charge in [-0.05, 0) is 50.5 Å². The van der Waals surface area contributed by atoms with Crippen LogP contribution in [0.1, 0.15) is 62.1 Å². The van der Waals surface area contributed by atoms with Crippen molar-refractivity contribution in [2.75, 3.05) is 17.2 Å². The minimum absolute atomic E-state index is 0.178.